The second kappa shape index (κ2) is 6.86. The highest BCUT2D eigenvalue weighted by atomic mass is 35.5. The first kappa shape index (κ1) is 16.8. The van der Waals surface area contributed by atoms with Gasteiger partial charge in [-0.3, -0.25) is 4.79 Å². The quantitative estimate of drug-likeness (QED) is 0.833. The van der Waals surface area contributed by atoms with Crippen LogP contribution in [0, 0.1) is 0 Å². The Hall–Kier alpha value is -2.00. The Balaban J connectivity index is 1.90. The van der Waals surface area contributed by atoms with E-state index in [1.165, 1.54) is 0 Å². The van der Waals surface area contributed by atoms with Crippen LogP contribution in [0.5, 0.6) is 5.75 Å². The van der Waals surface area contributed by atoms with Crippen molar-refractivity contribution in [1.29, 1.82) is 0 Å². The van der Waals surface area contributed by atoms with Crippen LogP contribution in [0.1, 0.15) is 55.1 Å². The van der Waals surface area contributed by atoms with Crippen LogP contribution in [0.25, 0.3) is 0 Å². The van der Waals surface area contributed by atoms with Gasteiger partial charge >= 0.3 is 0 Å². The smallest absolute Gasteiger partial charge is 0.251 e. The zero-order valence-corrected chi connectivity index (χ0v) is 14.8. The van der Waals surface area contributed by atoms with Crippen LogP contribution in [-0.2, 0) is 0 Å². The van der Waals surface area contributed by atoms with E-state index in [-0.39, 0.29) is 17.6 Å². The summed E-state index contributed by atoms with van der Waals surface area (Å²) in [5.74, 6) is 0.754. The summed E-state index contributed by atoms with van der Waals surface area (Å²) in [6, 6.07) is 14.9. The minimum atomic E-state index is -0.235. The summed E-state index contributed by atoms with van der Waals surface area (Å²) in [6.07, 6.45) is 2.58. The molecule has 2 aromatic rings. The van der Waals surface area contributed by atoms with Crippen molar-refractivity contribution in [2.24, 2.45) is 0 Å². The molecule has 0 bridgehead atoms. The van der Waals surface area contributed by atoms with E-state index >= 15 is 0 Å². The van der Waals surface area contributed by atoms with E-state index in [0.717, 1.165) is 30.6 Å². The summed E-state index contributed by atoms with van der Waals surface area (Å²) in [7, 11) is 0. The van der Waals surface area contributed by atoms with Crippen molar-refractivity contribution in [2.45, 2.75) is 44.8 Å². The molecular formula is C20H22ClNO2. The molecule has 2 aromatic carbocycles. The first-order chi connectivity index (χ1) is 11.6. The van der Waals surface area contributed by atoms with E-state index in [1.807, 2.05) is 24.3 Å². The van der Waals surface area contributed by atoms with E-state index in [1.54, 1.807) is 24.3 Å². The first-order valence-electron chi connectivity index (χ1n) is 8.41. The van der Waals surface area contributed by atoms with Gasteiger partial charge in [0.15, 0.2) is 0 Å². The molecule has 1 aliphatic rings. The third kappa shape index (κ3) is 3.27. The minimum Gasteiger partial charge on any atom is -0.487 e. The maximum Gasteiger partial charge on any atom is 0.251 e. The third-order valence-electron chi connectivity index (χ3n) is 4.88. The van der Waals surface area contributed by atoms with E-state index in [9.17, 15) is 4.79 Å². The van der Waals surface area contributed by atoms with E-state index in [2.05, 4.69) is 19.2 Å². The van der Waals surface area contributed by atoms with Crippen LogP contribution in [0.2, 0.25) is 5.02 Å². The van der Waals surface area contributed by atoms with Crippen LogP contribution in [0.4, 0.5) is 0 Å². The maximum absolute atomic E-state index is 12.7. The second-order valence-electron chi connectivity index (χ2n) is 6.27. The molecule has 0 aromatic heterocycles. The molecule has 1 aliphatic heterocycles. The molecule has 0 radical (unpaired) electrons. The van der Waals surface area contributed by atoms with Gasteiger partial charge in [0.05, 0.1) is 6.04 Å². The van der Waals surface area contributed by atoms with Crippen molar-refractivity contribution in [1.82, 2.24) is 5.32 Å². The molecule has 0 fully saturated rings. The fraction of sp³-hybridized carbons (Fsp3) is 0.350. The number of hydrogen-bond acceptors (Lipinski definition) is 2. The van der Waals surface area contributed by atoms with Crippen molar-refractivity contribution < 1.29 is 9.53 Å². The summed E-state index contributed by atoms with van der Waals surface area (Å²) >= 11 is 6.00. The molecule has 4 heteroatoms. The number of ether oxygens (including phenoxy) is 1. The number of halogens is 1. The molecule has 0 unspecified atom stereocenters. The molecule has 1 amide bonds. The molecule has 3 nitrogen and oxygen atoms in total. The lowest BCUT2D eigenvalue weighted by Gasteiger charge is -2.41. The molecule has 126 valence electrons. The fourth-order valence-electron chi connectivity index (χ4n) is 3.30. The minimum absolute atomic E-state index is 0.0682. The van der Waals surface area contributed by atoms with Gasteiger partial charge in [-0.05, 0) is 37.1 Å². The normalized spacial score (nSPS) is 18.4. The third-order valence-corrected chi connectivity index (χ3v) is 5.11. The van der Waals surface area contributed by atoms with Gasteiger partial charge in [0.1, 0.15) is 11.4 Å². The number of rotatable bonds is 4. The largest absolute Gasteiger partial charge is 0.487 e. The monoisotopic (exact) mass is 343 g/mol. The molecule has 1 heterocycles. The summed E-state index contributed by atoms with van der Waals surface area (Å²) in [6.45, 7) is 4.26. The molecule has 1 atom stereocenters. The Labute approximate surface area is 148 Å². The lowest BCUT2D eigenvalue weighted by Crippen LogP contribution is -2.44. The maximum atomic E-state index is 12.7. The predicted octanol–water partition coefficient (Wildman–Crippen LogP) is 5.15. The topological polar surface area (TPSA) is 38.3 Å². The molecule has 1 N–H and O–H groups in total. The van der Waals surface area contributed by atoms with Crippen LogP contribution in [-0.4, -0.2) is 11.5 Å². The average Bonchev–Trinajstić information content (AvgIpc) is 2.61. The summed E-state index contributed by atoms with van der Waals surface area (Å²) in [5.41, 5.74) is 1.37. The van der Waals surface area contributed by atoms with Gasteiger partial charge < -0.3 is 10.1 Å². The Morgan fingerprint density at radius 1 is 1.21 bits per heavy atom. The molecular weight excluding hydrogens is 322 g/mol. The van der Waals surface area contributed by atoms with Gasteiger partial charge in [0.25, 0.3) is 5.91 Å². The average molecular weight is 344 g/mol. The van der Waals surface area contributed by atoms with Gasteiger partial charge in [0.2, 0.25) is 0 Å². The first-order valence-corrected chi connectivity index (χ1v) is 8.79. The van der Waals surface area contributed by atoms with Gasteiger partial charge in [0, 0.05) is 22.6 Å². The van der Waals surface area contributed by atoms with Gasteiger partial charge in [-0.1, -0.05) is 49.7 Å². The van der Waals surface area contributed by atoms with Gasteiger partial charge in [-0.25, -0.2) is 0 Å². The molecule has 0 saturated carbocycles. The van der Waals surface area contributed by atoms with Crippen LogP contribution < -0.4 is 10.1 Å². The highest BCUT2D eigenvalue weighted by Gasteiger charge is 2.38. The number of hydrogen-bond donors (Lipinski definition) is 1. The van der Waals surface area contributed by atoms with Crippen molar-refractivity contribution in [3.05, 3.63) is 64.7 Å². The summed E-state index contributed by atoms with van der Waals surface area (Å²) in [5, 5.41) is 3.73. The predicted molar refractivity (Wildman–Crippen MR) is 96.7 cm³/mol. The number of fused-ring (bicyclic) bond motifs is 1. The molecule has 24 heavy (non-hydrogen) atoms. The summed E-state index contributed by atoms with van der Waals surface area (Å²) in [4.78, 5) is 12.7. The fourth-order valence-corrected chi connectivity index (χ4v) is 3.49. The summed E-state index contributed by atoms with van der Waals surface area (Å²) < 4.78 is 6.28. The second-order valence-corrected chi connectivity index (χ2v) is 6.71. The number of carbonyl (C=O) groups is 1. The van der Waals surface area contributed by atoms with Crippen molar-refractivity contribution >= 4 is 17.5 Å². The molecule has 0 spiro atoms. The van der Waals surface area contributed by atoms with E-state index in [0.29, 0.717) is 10.6 Å². The Morgan fingerprint density at radius 2 is 1.96 bits per heavy atom. The van der Waals surface area contributed by atoms with E-state index < -0.39 is 0 Å². The number of amides is 1. The van der Waals surface area contributed by atoms with Crippen LogP contribution in [0.15, 0.2) is 48.5 Å². The van der Waals surface area contributed by atoms with Gasteiger partial charge in [-0.2, -0.15) is 0 Å². The Bertz CT molecular complexity index is 740. The highest BCUT2D eigenvalue weighted by molar-refractivity contribution is 6.30. The molecule has 0 aliphatic carbocycles. The SMILES string of the molecule is CCC1(CC)C[C@@H](NC(=O)c2cccc(Cl)c2)c2ccccc2O1. The van der Waals surface area contributed by atoms with Crippen LogP contribution in [0.3, 0.4) is 0 Å². The van der Waals surface area contributed by atoms with E-state index in [4.69, 9.17) is 16.3 Å². The van der Waals surface area contributed by atoms with Crippen LogP contribution >= 0.6 is 11.6 Å². The number of carbonyl (C=O) groups excluding carboxylic acids is 1. The molecule has 0 saturated heterocycles. The zero-order valence-electron chi connectivity index (χ0n) is 14.0. The lowest BCUT2D eigenvalue weighted by atomic mass is 9.83. The Kier molecular flexibility index (Phi) is 4.81. The number of nitrogens with one attached hydrogen (secondary N) is 1. The van der Waals surface area contributed by atoms with Gasteiger partial charge in [-0.15, -0.1) is 0 Å². The number of benzene rings is 2. The Morgan fingerprint density at radius 3 is 2.67 bits per heavy atom. The zero-order chi connectivity index (χ0) is 17.2. The standard InChI is InChI=1S/C20H22ClNO2/c1-3-20(4-2)13-17(16-10-5-6-11-18(16)24-20)22-19(23)14-8-7-9-15(21)12-14/h5-12,17H,3-4,13H2,1-2H3,(H,22,23)/t17-/m1/s1. The van der Waals surface area contributed by atoms with Crippen molar-refractivity contribution in [3.8, 4) is 5.75 Å². The highest BCUT2D eigenvalue weighted by Crippen LogP contribution is 2.42. The van der Waals surface area contributed by atoms with Crippen molar-refractivity contribution in [2.75, 3.05) is 0 Å². The molecule has 3 rings (SSSR count). The number of para-hydroxylation sites is 1. The lowest BCUT2D eigenvalue weighted by molar-refractivity contribution is 0.0227. The van der Waals surface area contributed by atoms with Crippen molar-refractivity contribution in [3.63, 3.8) is 0 Å².